The van der Waals surface area contributed by atoms with E-state index in [0.717, 1.165) is 49.8 Å². The highest BCUT2D eigenvalue weighted by Crippen LogP contribution is 2.54. The van der Waals surface area contributed by atoms with Gasteiger partial charge in [-0.2, -0.15) is 5.26 Å². The van der Waals surface area contributed by atoms with E-state index < -0.39 is 11.0 Å². The van der Waals surface area contributed by atoms with Crippen LogP contribution in [0.3, 0.4) is 0 Å². The van der Waals surface area contributed by atoms with E-state index in [2.05, 4.69) is 18.2 Å². The van der Waals surface area contributed by atoms with E-state index in [1.54, 1.807) is 28.0 Å². The molecule has 1 saturated carbocycles. The lowest BCUT2D eigenvalue weighted by Crippen LogP contribution is -2.41. The van der Waals surface area contributed by atoms with Crippen LogP contribution in [0, 0.1) is 11.3 Å². The average molecular weight is 506 g/mol. The van der Waals surface area contributed by atoms with Crippen LogP contribution >= 0.6 is 11.6 Å². The van der Waals surface area contributed by atoms with Gasteiger partial charge in [0.15, 0.2) is 0 Å². The molecule has 0 aromatic heterocycles. The van der Waals surface area contributed by atoms with Crippen LogP contribution in [-0.4, -0.2) is 35.6 Å². The van der Waals surface area contributed by atoms with E-state index in [-0.39, 0.29) is 12.0 Å². The molecule has 1 saturated heterocycles. The minimum absolute atomic E-state index is 0.0469. The number of piperidine rings is 1. The predicted molar refractivity (Wildman–Crippen MR) is 140 cm³/mol. The van der Waals surface area contributed by atoms with Gasteiger partial charge in [-0.15, -0.1) is 0 Å². The highest BCUT2D eigenvalue weighted by Gasteiger charge is 2.53. The number of carbonyl (C=O) groups excluding carboxylic acids is 2. The second-order valence-electron chi connectivity index (χ2n) is 11.2. The second-order valence-corrected chi connectivity index (χ2v) is 11.6. The molecule has 0 bridgehead atoms. The summed E-state index contributed by atoms with van der Waals surface area (Å²) in [6.07, 6.45) is 5.12. The maximum absolute atomic E-state index is 14.0. The van der Waals surface area contributed by atoms with Gasteiger partial charge in [0.1, 0.15) is 11.7 Å². The molecule has 1 aliphatic carbocycles. The first kappa shape index (κ1) is 24.6. The van der Waals surface area contributed by atoms with Gasteiger partial charge in [0.25, 0.3) is 0 Å². The Labute approximate surface area is 217 Å². The molecule has 3 aliphatic rings. The van der Waals surface area contributed by atoms with Gasteiger partial charge in [-0.1, -0.05) is 42.6 Å². The lowest BCUT2D eigenvalue weighted by molar-refractivity contribution is -0.122. The van der Waals surface area contributed by atoms with E-state index in [1.165, 1.54) is 5.56 Å². The minimum Gasteiger partial charge on any atom is -0.444 e. The standard InChI is InChI=1S/C29H32ClN3O3/c1-28(2,3)36-27(35)32-15-11-19(12-16-32)20-9-10-25-22(17-20)29(13-4-5-14-29)26(34)33(25)24-8-6-7-23(30)21(24)18-31/h6-10,17,19H,4-5,11-16H2,1-3H3. The van der Waals surface area contributed by atoms with Gasteiger partial charge in [-0.25, -0.2) is 4.79 Å². The van der Waals surface area contributed by atoms with Crippen LogP contribution in [0.2, 0.25) is 5.02 Å². The summed E-state index contributed by atoms with van der Waals surface area (Å²) in [5.41, 5.74) is 2.97. The molecule has 6 nitrogen and oxygen atoms in total. The van der Waals surface area contributed by atoms with Crippen molar-refractivity contribution in [3.05, 3.63) is 58.1 Å². The monoisotopic (exact) mass is 505 g/mol. The van der Waals surface area contributed by atoms with Crippen LogP contribution in [0.15, 0.2) is 36.4 Å². The quantitative estimate of drug-likeness (QED) is 0.449. The second kappa shape index (κ2) is 9.12. The molecule has 7 heteroatoms. The van der Waals surface area contributed by atoms with Crippen LogP contribution in [0.4, 0.5) is 16.2 Å². The number of nitriles is 1. The van der Waals surface area contributed by atoms with Crippen molar-refractivity contribution in [2.45, 2.75) is 76.2 Å². The smallest absolute Gasteiger partial charge is 0.410 e. The number of benzene rings is 2. The molecule has 2 heterocycles. The van der Waals surface area contributed by atoms with Crippen molar-refractivity contribution in [2.24, 2.45) is 0 Å². The van der Waals surface area contributed by atoms with Crippen molar-refractivity contribution >= 4 is 35.0 Å². The topological polar surface area (TPSA) is 73.6 Å². The number of ether oxygens (including phenoxy) is 1. The minimum atomic E-state index is -0.544. The Bertz CT molecular complexity index is 1250. The highest BCUT2D eigenvalue weighted by atomic mass is 35.5. The van der Waals surface area contributed by atoms with Gasteiger partial charge in [-0.05, 0) is 81.7 Å². The molecule has 188 valence electrons. The van der Waals surface area contributed by atoms with Crippen molar-refractivity contribution in [3.63, 3.8) is 0 Å². The Hall–Kier alpha value is -3.04. The Kier molecular flexibility index (Phi) is 6.24. The fourth-order valence-electron chi connectivity index (χ4n) is 6.06. The summed E-state index contributed by atoms with van der Waals surface area (Å²) < 4.78 is 5.55. The number of anilines is 2. The molecular weight excluding hydrogens is 474 g/mol. The van der Waals surface area contributed by atoms with Gasteiger partial charge >= 0.3 is 6.09 Å². The Morgan fingerprint density at radius 2 is 1.81 bits per heavy atom. The number of halogens is 1. The Morgan fingerprint density at radius 3 is 2.44 bits per heavy atom. The van der Waals surface area contributed by atoms with Crippen LogP contribution in [-0.2, 0) is 14.9 Å². The summed E-state index contributed by atoms with van der Waals surface area (Å²) in [6.45, 7) is 6.96. The zero-order valence-electron chi connectivity index (χ0n) is 21.1. The lowest BCUT2D eigenvalue weighted by Gasteiger charge is -2.34. The number of hydrogen-bond donors (Lipinski definition) is 0. The molecular formula is C29H32ClN3O3. The SMILES string of the molecule is CC(C)(C)OC(=O)N1CCC(c2ccc3c(c2)C2(CCCC2)C(=O)N3c2cccc(Cl)c2C#N)CC1. The fourth-order valence-corrected chi connectivity index (χ4v) is 6.27. The van der Waals surface area contributed by atoms with Crippen molar-refractivity contribution in [1.82, 2.24) is 4.90 Å². The lowest BCUT2D eigenvalue weighted by atomic mass is 9.78. The molecule has 2 amide bonds. The number of hydrogen-bond acceptors (Lipinski definition) is 4. The number of fused-ring (bicyclic) bond motifs is 2. The van der Waals surface area contributed by atoms with E-state index >= 15 is 0 Å². The largest absolute Gasteiger partial charge is 0.444 e. The van der Waals surface area contributed by atoms with E-state index in [1.807, 2.05) is 26.8 Å². The summed E-state index contributed by atoms with van der Waals surface area (Å²) in [7, 11) is 0. The normalized spacial score (nSPS) is 19.5. The first-order valence-corrected chi connectivity index (χ1v) is 13.2. The van der Waals surface area contributed by atoms with Gasteiger partial charge < -0.3 is 9.64 Å². The number of likely N-dealkylation sites (tertiary alicyclic amines) is 1. The van der Waals surface area contributed by atoms with Crippen LogP contribution in [0.25, 0.3) is 0 Å². The first-order valence-electron chi connectivity index (χ1n) is 12.8. The van der Waals surface area contributed by atoms with Gasteiger partial charge in [0, 0.05) is 13.1 Å². The van der Waals surface area contributed by atoms with E-state index in [4.69, 9.17) is 16.3 Å². The summed E-state index contributed by atoms with van der Waals surface area (Å²) in [4.78, 5) is 30.0. The van der Waals surface area contributed by atoms with E-state index in [9.17, 15) is 14.9 Å². The summed E-state index contributed by atoms with van der Waals surface area (Å²) in [5.74, 6) is 0.364. The van der Waals surface area contributed by atoms with Gasteiger partial charge in [0.2, 0.25) is 5.91 Å². The van der Waals surface area contributed by atoms with Crippen LogP contribution in [0.5, 0.6) is 0 Å². The fraction of sp³-hybridized carbons (Fsp3) is 0.483. The molecule has 36 heavy (non-hydrogen) atoms. The highest BCUT2D eigenvalue weighted by molar-refractivity contribution is 6.32. The molecule has 0 N–H and O–H groups in total. The number of carbonyl (C=O) groups is 2. The maximum atomic E-state index is 14.0. The summed E-state index contributed by atoms with van der Waals surface area (Å²) >= 11 is 6.33. The van der Waals surface area contributed by atoms with Crippen molar-refractivity contribution in [3.8, 4) is 6.07 Å². The summed E-state index contributed by atoms with van der Waals surface area (Å²) in [5, 5.41) is 10.1. The van der Waals surface area contributed by atoms with Crippen LogP contribution < -0.4 is 4.90 Å². The predicted octanol–water partition coefficient (Wildman–Crippen LogP) is 6.82. The molecule has 2 aromatic carbocycles. The molecule has 5 rings (SSSR count). The van der Waals surface area contributed by atoms with Gasteiger partial charge in [0.05, 0.1) is 27.4 Å². The van der Waals surface area contributed by atoms with Crippen LogP contribution in [0.1, 0.15) is 81.9 Å². The molecule has 2 aliphatic heterocycles. The summed E-state index contributed by atoms with van der Waals surface area (Å²) in [6, 6.07) is 13.8. The van der Waals surface area contributed by atoms with Crippen molar-refractivity contribution in [2.75, 3.05) is 18.0 Å². The Morgan fingerprint density at radius 1 is 1.11 bits per heavy atom. The van der Waals surface area contributed by atoms with E-state index in [0.29, 0.717) is 35.3 Å². The van der Waals surface area contributed by atoms with Crippen molar-refractivity contribution < 1.29 is 14.3 Å². The Balaban J connectivity index is 1.45. The average Bonchev–Trinajstić information content (AvgIpc) is 3.42. The third-order valence-corrected chi connectivity index (χ3v) is 8.12. The molecule has 1 spiro atoms. The number of amides is 2. The molecule has 0 unspecified atom stereocenters. The first-order chi connectivity index (χ1) is 17.1. The van der Waals surface area contributed by atoms with Gasteiger partial charge in [-0.3, -0.25) is 9.69 Å². The third-order valence-electron chi connectivity index (χ3n) is 7.81. The zero-order chi connectivity index (χ0) is 25.7. The number of rotatable bonds is 2. The third kappa shape index (κ3) is 4.14. The van der Waals surface area contributed by atoms with Crippen molar-refractivity contribution in [1.29, 1.82) is 5.26 Å². The molecule has 2 aromatic rings. The maximum Gasteiger partial charge on any atom is 0.410 e. The molecule has 0 atom stereocenters. The molecule has 0 radical (unpaired) electrons. The molecule has 2 fully saturated rings. The zero-order valence-corrected chi connectivity index (χ0v) is 21.9. The number of nitrogens with zero attached hydrogens (tertiary/aromatic N) is 3.